The van der Waals surface area contributed by atoms with Crippen molar-refractivity contribution in [2.24, 2.45) is 0 Å². The van der Waals surface area contributed by atoms with E-state index in [9.17, 15) is 18.0 Å². The molecule has 7 nitrogen and oxygen atoms in total. The first-order valence-corrected chi connectivity index (χ1v) is 6.95. The maximum absolute atomic E-state index is 12.5. The van der Waals surface area contributed by atoms with Crippen LogP contribution in [0.1, 0.15) is 15.5 Å². The van der Waals surface area contributed by atoms with E-state index in [1.807, 2.05) is 0 Å². The van der Waals surface area contributed by atoms with Gasteiger partial charge in [0.2, 0.25) is 5.16 Å². The summed E-state index contributed by atoms with van der Waals surface area (Å²) < 4.78 is 42.5. The largest absolute Gasteiger partial charge is 0.465 e. The van der Waals surface area contributed by atoms with Gasteiger partial charge in [0.05, 0.1) is 7.11 Å². The lowest BCUT2D eigenvalue weighted by Crippen LogP contribution is -2.21. The number of nitrogen functional groups attached to an aromatic ring is 1. The molecule has 0 atom stereocenters. The van der Waals surface area contributed by atoms with Gasteiger partial charge >= 0.3 is 12.1 Å². The third-order valence-electron chi connectivity index (χ3n) is 2.03. The van der Waals surface area contributed by atoms with Gasteiger partial charge in [-0.1, -0.05) is 22.9 Å². The Bertz CT molecular complexity index is 686. The molecule has 2 rings (SSSR count). The zero-order valence-electron chi connectivity index (χ0n) is 10.0. The summed E-state index contributed by atoms with van der Waals surface area (Å²) >= 11 is 7.27. The first-order chi connectivity index (χ1) is 9.74. The number of hydrogen-bond donors (Lipinski definition) is 1. The molecule has 0 spiro atoms. The Kier molecular flexibility index (Phi) is 4.30. The molecule has 114 valence electrons. The first kappa shape index (κ1) is 15.9. The Hall–Kier alpha value is -1.53. The number of aromatic nitrogens is 4. The second-order valence-electron chi connectivity index (χ2n) is 3.37. The van der Waals surface area contributed by atoms with Crippen LogP contribution in [-0.2, 0) is 10.9 Å². The average Bonchev–Trinajstić information content (AvgIpc) is 2.93. The van der Waals surface area contributed by atoms with Gasteiger partial charge in [-0.25, -0.2) is 14.5 Å². The van der Waals surface area contributed by atoms with Crippen molar-refractivity contribution in [3.63, 3.8) is 0 Å². The van der Waals surface area contributed by atoms with Crippen LogP contribution in [0, 0.1) is 0 Å². The summed E-state index contributed by atoms with van der Waals surface area (Å²) in [6.07, 6.45) is -4.72. The van der Waals surface area contributed by atoms with Crippen LogP contribution in [0.4, 0.5) is 13.2 Å². The number of halogens is 4. The maximum atomic E-state index is 12.5. The second-order valence-corrected chi connectivity index (χ2v) is 5.94. The Morgan fingerprint density at radius 1 is 1.48 bits per heavy atom. The number of nitrogens with zero attached hydrogens (tertiary/aromatic N) is 4. The van der Waals surface area contributed by atoms with Crippen LogP contribution in [0.5, 0.6) is 0 Å². The molecule has 2 N–H and O–H groups in total. The molecule has 0 aliphatic heterocycles. The highest BCUT2D eigenvalue weighted by Gasteiger charge is 2.38. The summed E-state index contributed by atoms with van der Waals surface area (Å²) in [5.74, 6) is 3.23. The number of thiazole rings is 1. The lowest BCUT2D eigenvalue weighted by molar-refractivity contribution is -0.146. The Morgan fingerprint density at radius 3 is 2.67 bits per heavy atom. The summed E-state index contributed by atoms with van der Waals surface area (Å²) in [7, 11) is 1.16. The SMILES string of the molecule is COC(=O)c1sc(Sc2nnc(C(F)(F)F)n2N)nc1Cl. The third-order valence-corrected chi connectivity index (χ3v) is 4.48. The van der Waals surface area contributed by atoms with Crippen molar-refractivity contribution in [2.75, 3.05) is 13.0 Å². The molecule has 0 aliphatic carbocycles. The van der Waals surface area contributed by atoms with Crippen molar-refractivity contribution < 1.29 is 22.7 Å². The number of methoxy groups -OCH3 is 1. The number of esters is 1. The monoisotopic (exact) mass is 359 g/mol. The van der Waals surface area contributed by atoms with Crippen molar-refractivity contribution in [3.05, 3.63) is 15.9 Å². The van der Waals surface area contributed by atoms with Gasteiger partial charge in [0.15, 0.2) is 14.4 Å². The van der Waals surface area contributed by atoms with Crippen LogP contribution >= 0.6 is 34.7 Å². The smallest absolute Gasteiger partial charge is 0.453 e. The van der Waals surface area contributed by atoms with Gasteiger partial charge in [0, 0.05) is 0 Å². The van der Waals surface area contributed by atoms with E-state index in [0.717, 1.165) is 18.4 Å². The number of rotatable bonds is 3. The number of nitrogens with two attached hydrogens (primary N) is 1. The Labute approximate surface area is 128 Å². The quantitative estimate of drug-likeness (QED) is 0.661. The van der Waals surface area contributed by atoms with Crippen molar-refractivity contribution in [2.45, 2.75) is 15.7 Å². The molecule has 2 aromatic heterocycles. The van der Waals surface area contributed by atoms with E-state index in [-0.39, 0.29) is 24.2 Å². The zero-order valence-corrected chi connectivity index (χ0v) is 12.4. The number of carbonyl (C=O) groups is 1. The highest BCUT2D eigenvalue weighted by molar-refractivity contribution is 8.00. The van der Waals surface area contributed by atoms with E-state index >= 15 is 0 Å². The predicted molar refractivity (Wildman–Crippen MR) is 67.8 cm³/mol. The first-order valence-electron chi connectivity index (χ1n) is 4.94. The molecule has 0 bridgehead atoms. The standard InChI is InChI=1S/C8H5ClF3N5O2S2/c1-19-4(18)2-3(9)14-7(20-2)21-6-16-15-5(17(6)13)8(10,11)12/h13H2,1H3. The maximum Gasteiger partial charge on any atom is 0.453 e. The molecule has 0 aliphatic rings. The number of alkyl halides is 3. The normalized spacial score (nSPS) is 11.7. The molecule has 2 heterocycles. The van der Waals surface area contributed by atoms with Crippen molar-refractivity contribution in [3.8, 4) is 0 Å². The molecule has 21 heavy (non-hydrogen) atoms. The summed E-state index contributed by atoms with van der Waals surface area (Å²) in [5.41, 5.74) is 0. The third kappa shape index (κ3) is 3.22. The zero-order chi connectivity index (χ0) is 15.8. The van der Waals surface area contributed by atoms with Crippen molar-refractivity contribution in [1.82, 2.24) is 19.9 Å². The Morgan fingerprint density at radius 2 is 2.14 bits per heavy atom. The van der Waals surface area contributed by atoms with Crippen molar-refractivity contribution >= 4 is 40.7 Å². The second kappa shape index (κ2) is 5.69. The van der Waals surface area contributed by atoms with E-state index in [4.69, 9.17) is 17.4 Å². The molecular weight excluding hydrogens is 355 g/mol. The molecule has 0 amide bonds. The molecule has 2 aromatic rings. The van der Waals surface area contributed by atoms with Gasteiger partial charge in [-0.15, -0.1) is 10.2 Å². The predicted octanol–water partition coefficient (Wildman–Crippen LogP) is 2.06. The minimum absolute atomic E-state index is 0.0285. The van der Waals surface area contributed by atoms with Gasteiger partial charge in [-0.05, 0) is 11.8 Å². The number of hydrogen-bond acceptors (Lipinski definition) is 8. The fourth-order valence-electron chi connectivity index (χ4n) is 1.16. The minimum Gasteiger partial charge on any atom is -0.465 e. The fraction of sp³-hybridized carbons (Fsp3) is 0.250. The summed E-state index contributed by atoms with van der Waals surface area (Å²) in [5, 5.41) is 5.91. The molecule has 0 radical (unpaired) electrons. The number of carbonyl (C=O) groups excluding carboxylic acids is 1. The fourth-order valence-corrected chi connectivity index (χ4v) is 3.35. The highest BCUT2D eigenvalue weighted by Crippen LogP contribution is 2.35. The van der Waals surface area contributed by atoms with Crippen LogP contribution in [0.25, 0.3) is 0 Å². The van der Waals surface area contributed by atoms with E-state index in [0.29, 0.717) is 11.8 Å². The van der Waals surface area contributed by atoms with Crippen LogP contribution in [-0.4, -0.2) is 32.9 Å². The molecule has 0 saturated heterocycles. The van der Waals surface area contributed by atoms with Crippen molar-refractivity contribution in [1.29, 1.82) is 0 Å². The van der Waals surface area contributed by atoms with Gasteiger partial charge < -0.3 is 10.6 Å². The van der Waals surface area contributed by atoms with Gasteiger partial charge in [-0.3, -0.25) is 0 Å². The molecule has 13 heteroatoms. The lowest BCUT2D eigenvalue weighted by atomic mass is 10.6. The van der Waals surface area contributed by atoms with E-state index in [2.05, 4.69) is 19.9 Å². The van der Waals surface area contributed by atoms with E-state index in [1.165, 1.54) is 0 Å². The van der Waals surface area contributed by atoms with E-state index in [1.54, 1.807) is 0 Å². The van der Waals surface area contributed by atoms with Gasteiger partial charge in [0.1, 0.15) is 0 Å². The Balaban J connectivity index is 2.28. The lowest BCUT2D eigenvalue weighted by Gasteiger charge is -2.04. The summed E-state index contributed by atoms with van der Waals surface area (Å²) in [6.45, 7) is 0. The van der Waals surface area contributed by atoms with Gasteiger partial charge in [0.25, 0.3) is 5.82 Å². The summed E-state index contributed by atoms with van der Waals surface area (Å²) in [6, 6.07) is 0. The molecule has 0 aromatic carbocycles. The van der Waals surface area contributed by atoms with Gasteiger partial charge in [-0.2, -0.15) is 13.2 Å². The highest BCUT2D eigenvalue weighted by atomic mass is 35.5. The van der Waals surface area contributed by atoms with Crippen LogP contribution in [0.15, 0.2) is 9.50 Å². The molecule has 0 unspecified atom stereocenters. The van der Waals surface area contributed by atoms with Crippen LogP contribution < -0.4 is 5.84 Å². The average molecular weight is 360 g/mol. The summed E-state index contributed by atoms with van der Waals surface area (Å²) in [4.78, 5) is 15.2. The van der Waals surface area contributed by atoms with Crippen LogP contribution in [0.3, 0.4) is 0 Å². The molecule has 0 saturated carbocycles. The minimum atomic E-state index is -4.72. The van der Waals surface area contributed by atoms with E-state index < -0.39 is 18.0 Å². The number of ether oxygens (including phenoxy) is 1. The molecular formula is C8H5ClF3N5O2S2. The molecule has 0 fully saturated rings. The van der Waals surface area contributed by atoms with Crippen LogP contribution in [0.2, 0.25) is 5.15 Å². The topological polar surface area (TPSA) is 95.9 Å².